The van der Waals surface area contributed by atoms with Crippen molar-refractivity contribution < 1.29 is 0 Å². The fourth-order valence-electron chi connectivity index (χ4n) is 0.990. The third-order valence-electron chi connectivity index (χ3n) is 1.44. The van der Waals surface area contributed by atoms with Gasteiger partial charge in [0.25, 0.3) is 5.56 Å². The number of thiazole rings is 1. The van der Waals surface area contributed by atoms with Crippen molar-refractivity contribution in [3.05, 3.63) is 26.1 Å². The predicted octanol–water partition coefficient (Wildman–Crippen LogP) is -0.140. The number of aromatic nitrogens is 2. The van der Waals surface area contributed by atoms with E-state index in [1.54, 1.807) is 0 Å². The molecule has 0 saturated heterocycles. The molecule has 12 heavy (non-hydrogen) atoms. The van der Waals surface area contributed by atoms with Crippen LogP contribution in [-0.2, 0) is 0 Å². The highest BCUT2D eigenvalue weighted by molar-refractivity contribution is 7.16. The molecular weight excluding hydrogens is 178 g/mol. The summed E-state index contributed by atoms with van der Waals surface area (Å²) >= 11 is 0.877. The van der Waals surface area contributed by atoms with Crippen molar-refractivity contribution in [1.82, 2.24) is 9.97 Å². The second-order valence-electron chi connectivity index (χ2n) is 2.31. The van der Waals surface area contributed by atoms with Crippen LogP contribution in [0.1, 0.15) is 0 Å². The summed E-state index contributed by atoms with van der Waals surface area (Å²) in [5.74, 6) is 0.251. The molecule has 2 heterocycles. The van der Waals surface area contributed by atoms with Crippen molar-refractivity contribution in [3.63, 3.8) is 0 Å². The first-order valence-electron chi connectivity index (χ1n) is 3.18. The molecule has 5 nitrogen and oxygen atoms in total. The van der Waals surface area contributed by atoms with E-state index in [2.05, 4.69) is 9.97 Å². The van der Waals surface area contributed by atoms with E-state index in [0.29, 0.717) is 10.2 Å². The van der Waals surface area contributed by atoms with Crippen LogP contribution in [0.15, 0.2) is 15.7 Å². The summed E-state index contributed by atoms with van der Waals surface area (Å²) in [5.41, 5.74) is 5.53. The maximum atomic E-state index is 11.1. The van der Waals surface area contributed by atoms with E-state index < -0.39 is 0 Å². The normalized spacial score (nSPS) is 10.7. The van der Waals surface area contributed by atoms with Crippen LogP contribution in [-0.4, -0.2) is 9.97 Å². The smallest absolute Gasteiger partial charge is 0.305 e. The van der Waals surface area contributed by atoms with Gasteiger partial charge < -0.3 is 15.7 Å². The fraction of sp³-hybridized carbons (Fsp3) is 0. The van der Waals surface area contributed by atoms with Gasteiger partial charge in [-0.1, -0.05) is 11.3 Å². The average Bonchev–Trinajstić information content (AvgIpc) is 2.29. The van der Waals surface area contributed by atoms with Crippen LogP contribution in [0.2, 0.25) is 0 Å². The van der Waals surface area contributed by atoms with Gasteiger partial charge in [-0.15, -0.1) is 0 Å². The lowest BCUT2D eigenvalue weighted by Gasteiger charge is -1.90. The summed E-state index contributed by atoms with van der Waals surface area (Å²) in [7, 11) is 0. The van der Waals surface area contributed by atoms with Gasteiger partial charge in [0, 0.05) is 6.07 Å². The minimum atomic E-state index is -0.326. The van der Waals surface area contributed by atoms with Crippen LogP contribution in [0.4, 0.5) is 5.82 Å². The maximum absolute atomic E-state index is 11.1. The Hall–Kier alpha value is -1.56. The molecule has 2 rings (SSSR count). The predicted molar refractivity (Wildman–Crippen MR) is 47.5 cm³/mol. The summed E-state index contributed by atoms with van der Waals surface area (Å²) in [6.07, 6.45) is 0. The van der Waals surface area contributed by atoms with E-state index >= 15 is 0 Å². The molecule has 4 N–H and O–H groups in total. The Labute approximate surface area is 69.9 Å². The van der Waals surface area contributed by atoms with Crippen LogP contribution in [0.5, 0.6) is 0 Å². The largest absolute Gasteiger partial charge is 0.385 e. The Bertz CT molecular complexity index is 535. The molecule has 0 bridgehead atoms. The molecule has 0 radical (unpaired) electrons. The van der Waals surface area contributed by atoms with Gasteiger partial charge in [0.05, 0.1) is 5.52 Å². The average molecular weight is 183 g/mol. The molecule has 0 aliphatic rings. The SMILES string of the molecule is Nc1cc2[nH]c(=O)sc2c(=O)[nH]1. The fourth-order valence-corrected chi connectivity index (χ4v) is 1.70. The van der Waals surface area contributed by atoms with Crippen molar-refractivity contribution in [3.8, 4) is 0 Å². The highest BCUT2D eigenvalue weighted by Gasteiger charge is 2.03. The van der Waals surface area contributed by atoms with E-state index in [9.17, 15) is 9.59 Å². The van der Waals surface area contributed by atoms with E-state index in [-0.39, 0.29) is 16.3 Å². The first kappa shape index (κ1) is 7.11. The second-order valence-corrected chi connectivity index (χ2v) is 3.29. The van der Waals surface area contributed by atoms with Crippen LogP contribution in [0.3, 0.4) is 0 Å². The van der Waals surface area contributed by atoms with Crippen molar-refractivity contribution in [2.75, 3.05) is 5.73 Å². The first-order valence-corrected chi connectivity index (χ1v) is 4.00. The molecule has 0 aromatic carbocycles. The lowest BCUT2D eigenvalue weighted by Crippen LogP contribution is -2.06. The van der Waals surface area contributed by atoms with Gasteiger partial charge in [0.1, 0.15) is 10.5 Å². The van der Waals surface area contributed by atoms with Gasteiger partial charge in [-0.25, -0.2) is 0 Å². The van der Waals surface area contributed by atoms with Crippen LogP contribution in [0.25, 0.3) is 10.2 Å². The third kappa shape index (κ3) is 0.928. The van der Waals surface area contributed by atoms with Gasteiger partial charge >= 0.3 is 4.87 Å². The lowest BCUT2D eigenvalue weighted by atomic mass is 10.4. The monoisotopic (exact) mass is 183 g/mol. The van der Waals surface area contributed by atoms with E-state index in [1.807, 2.05) is 0 Å². The highest BCUT2D eigenvalue weighted by Crippen LogP contribution is 2.09. The topological polar surface area (TPSA) is 91.7 Å². The Morgan fingerprint density at radius 2 is 2.08 bits per heavy atom. The van der Waals surface area contributed by atoms with Crippen LogP contribution >= 0.6 is 11.3 Å². The number of hydrogen-bond acceptors (Lipinski definition) is 4. The molecule has 0 aliphatic heterocycles. The number of pyridine rings is 1. The molecular formula is C6H5N3O2S. The highest BCUT2D eigenvalue weighted by atomic mass is 32.1. The number of nitrogen functional groups attached to an aromatic ring is 1. The molecule has 0 amide bonds. The zero-order valence-electron chi connectivity index (χ0n) is 5.88. The third-order valence-corrected chi connectivity index (χ3v) is 2.34. The van der Waals surface area contributed by atoms with E-state index in [1.165, 1.54) is 6.07 Å². The van der Waals surface area contributed by atoms with E-state index in [4.69, 9.17) is 5.73 Å². The van der Waals surface area contributed by atoms with E-state index in [0.717, 1.165) is 11.3 Å². The Morgan fingerprint density at radius 3 is 2.83 bits per heavy atom. The second kappa shape index (κ2) is 2.21. The number of nitrogens with one attached hydrogen (secondary N) is 2. The van der Waals surface area contributed by atoms with Crippen LogP contribution < -0.4 is 16.2 Å². The Balaban J connectivity index is 3.08. The van der Waals surface area contributed by atoms with Gasteiger partial charge in [-0.05, 0) is 0 Å². The van der Waals surface area contributed by atoms with Crippen molar-refractivity contribution in [1.29, 1.82) is 0 Å². The molecule has 0 unspecified atom stereocenters. The molecule has 0 aliphatic carbocycles. The lowest BCUT2D eigenvalue weighted by molar-refractivity contribution is 1.28. The molecule has 6 heteroatoms. The minimum absolute atomic E-state index is 0.249. The summed E-state index contributed by atoms with van der Waals surface area (Å²) in [6.45, 7) is 0. The van der Waals surface area contributed by atoms with Crippen molar-refractivity contribution in [2.45, 2.75) is 0 Å². The Kier molecular flexibility index (Phi) is 1.31. The quantitative estimate of drug-likeness (QED) is 0.530. The molecule has 0 spiro atoms. The molecule has 0 atom stereocenters. The standard InChI is InChI=1S/C6H5N3O2S/c7-3-1-2-4(5(10)9-3)12-6(11)8-2/h1H,(H,8,11)(H3,7,9,10). The number of H-pyrrole nitrogens is 2. The number of aromatic amines is 2. The zero-order chi connectivity index (χ0) is 8.72. The molecule has 62 valence electrons. The van der Waals surface area contributed by atoms with Gasteiger partial charge in [0.2, 0.25) is 0 Å². The zero-order valence-corrected chi connectivity index (χ0v) is 6.70. The number of anilines is 1. The molecule has 0 saturated carbocycles. The van der Waals surface area contributed by atoms with Crippen molar-refractivity contribution in [2.24, 2.45) is 0 Å². The molecule has 0 fully saturated rings. The first-order chi connectivity index (χ1) is 5.66. The number of nitrogens with two attached hydrogens (primary N) is 1. The summed E-state index contributed by atoms with van der Waals surface area (Å²) < 4.78 is 0.384. The van der Waals surface area contributed by atoms with Crippen molar-refractivity contribution >= 4 is 27.4 Å². The minimum Gasteiger partial charge on any atom is -0.385 e. The summed E-state index contributed by atoms with van der Waals surface area (Å²) in [5, 5.41) is 0. The van der Waals surface area contributed by atoms with Gasteiger partial charge in [-0.3, -0.25) is 9.59 Å². The number of rotatable bonds is 0. The van der Waals surface area contributed by atoms with Gasteiger partial charge in [-0.2, -0.15) is 0 Å². The summed E-state index contributed by atoms with van der Waals surface area (Å²) in [4.78, 5) is 26.6. The summed E-state index contributed by atoms with van der Waals surface area (Å²) in [6, 6.07) is 1.52. The molecule has 2 aromatic heterocycles. The Morgan fingerprint density at radius 1 is 1.33 bits per heavy atom. The van der Waals surface area contributed by atoms with Gasteiger partial charge in [0.15, 0.2) is 0 Å². The van der Waals surface area contributed by atoms with Crippen LogP contribution in [0, 0.1) is 0 Å². The number of fused-ring (bicyclic) bond motifs is 1. The molecule has 2 aromatic rings. The number of hydrogen-bond donors (Lipinski definition) is 3. The maximum Gasteiger partial charge on any atom is 0.305 e.